The van der Waals surface area contributed by atoms with E-state index in [0.717, 1.165) is 29.7 Å². The predicted octanol–water partition coefficient (Wildman–Crippen LogP) is 2.48. The number of hydrogen-bond acceptors (Lipinski definition) is 3. The van der Waals surface area contributed by atoms with E-state index in [4.69, 9.17) is 10.5 Å². The maximum Gasteiger partial charge on any atom is 0.123 e. The number of hydrogen-bond donors (Lipinski definition) is 2. The fraction of sp³-hybridized carbons (Fsp3) is 0.571. The molecular formula is C14H21NO2. The van der Waals surface area contributed by atoms with Crippen molar-refractivity contribution >= 4 is 0 Å². The smallest absolute Gasteiger partial charge is 0.123 e. The van der Waals surface area contributed by atoms with Gasteiger partial charge in [0.2, 0.25) is 0 Å². The van der Waals surface area contributed by atoms with Crippen molar-refractivity contribution in [1.82, 2.24) is 0 Å². The third-order valence-corrected chi connectivity index (χ3v) is 4.04. The summed E-state index contributed by atoms with van der Waals surface area (Å²) >= 11 is 0. The van der Waals surface area contributed by atoms with Crippen LogP contribution in [-0.4, -0.2) is 18.8 Å². The highest BCUT2D eigenvalue weighted by atomic mass is 16.5. The van der Waals surface area contributed by atoms with E-state index < -0.39 is 0 Å². The van der Waals surface area contributed by atoms with Gasteiger partial charge in [0.1, 0.15) is 11.5 Å². The molecule has 0 atom stereocenters. The zero-order valence-electron chi connectivity index (χ0n) is 10.6. The summed E-state index contributed by atoms with van der Waals surface area (Å²) in [6, 6.07) is 3.74. The molecule has 0 heterocycles. The van der Waals surface area contributed by atoms with E-state index >= 15 is 0 Å². The van der Waals surface area contributed by atoms with Crippen molar-refractivity contribution in [2.45, 2.75) is 38.0 Å². The summed E-state index contributed by atoms with van der Waals surface area (Å²) in [4.78, 5) is 0. The van der Waals surface area contributed by atoms with Gasteiger partial charge in [-0.15, -0.1) is 0 Å². The zero-order chi connectivity index (χ0) is 12.5. The number of ether oxygens (including phenoxy) is 1. The van der Waals surface area contributed by atoms with Crippen LogP contribution < -0.4 is 10.5 Å². The van der Waals surface area contributed by atoms with Crippen LogP contribution in [0.2, 0.25) is 0 Å². The van der Waals surface area contributed by atoms with Gasteiger partial charge in [-0.2, -0.15) is 0 Å². The van der Waals surface area contributed by atoms with Crippen molar-refractivity contribution in [1.29, 1.82) is 0 Å². The Kier molecular flexibility index (Phi) is 3.29. The van der Waals surface area contributed by atoms with Gasteiger partial charge < -0.3 is 15.6 Å². The SMILES string of the molecule is COc1cc(C)c(O)cc1C1(CN)CCCC1. The molecule has 1 fully saturated rings. The average molecular weight is 235 g/mol. The molecule has 0 radical (unpaired) electrons. The van der Waals surface area contributed by atoms with Crippen LogP contribution in [-0.2, 0) is 5.41 Å². The van der Waals surface area contributed by atoms with Crippen LogP contribution in [0.5, 0.6) is 11.5 Å². The van der Waals surface area contributed by atoms with Crippen LogP contribution >= 0.6 is 0 Å². The molecule has 3 nitrogen and oxygen atoms in total. The largest absolute Gasteiger partial charge is 0.508 e. The molecule has 17 heavy (non-hydrogen) atoms. The van der Waals surface area contributed by atoms with Crippen molar-refractivity contribution in [2.24, 2.45) is 5.73 Å². The minimum atomic E-state index is -0.00345. The lowest BCUT2D eigenvalue weighted by atomic mass is 9.78. The summed E-state index contributed by atoms with van der Waals surface area (Å²) in [7, 11) is 1.68. The Hall–Kier alpha value is -1.22. The van der Waals surface area contributed by atoms with Crippen molar-refractivity contribution in [3.63, 3.8) is 0 Å². The van der Waals surface area contributed by atoms with Crippen LogP contribution in [0, 0.1) is 6.92 Å². The number of aromatic hydroxyl groups is 1. The van der Waals surface area contributed by atoms with E-state index in [1.807, 2.05) is 19.1 Å². The van der Waals surface area contributed by atoms with Crippen molar-refractivity contribution in [2.75, 3.05) is 13.7 Å². The maximum atomic E-state index is 9.89. The standard InChI is InChI=1S/C14H21NO2/c1-10-7-13(17-2)11(8-12(10)16)14(9-15)5-3-4-6-14/h7-8,16H,3-6,9,15H2,1-2H3. The Morgan fingerprint density at radius 1 is 1.35 bits per heavy atom. The lowest BCUT2D eigenvalue weighted by molar-refractivity contribution is 0.373. The number of phenols is 1. The minimum absolute atomic E-state index is 0.00345. The van der Waals surface area contributed by atoms with Crippen molar-refractivity contribution < 1.29 is 9.84 Å². The van der Waals surface area contributed by atoms with Crippen LogP contribution in [0.15, 0.2) is 12.1 Å². The van der Waals surface area contributed by atoms with Crippen LogP contribution in [0.1, 0.15) is 36.8 Å². The fourth-order valence-corrected chi connectivity index (χ4v) is 2.89. The van der Waals surface area contributed by atoms with E-state index in [0.29, 0.717) is 12.3 Å². The van der Waals surface area contributed by atoms with Gasteiger partial charge in [-0.3, -0.25) is 0 Å². The summed E-state index contributed by atoms with van der Waals surface area (Å²) in [5, 5.41) is 9.89. The molecule has 0 unspecified atom stereocenters. The van der Waals surface area contributed by atoms with Crippen LogP contribution in [0.3, 0.4) is 0 Å². The minimum Gasteiger partial charge on any atom is -0.508 e. The van der Waals surface area contributed by atoms with Gasteiger partial charge in [-0.1, -0.05) is 12.8 Å². The molecule has 1 aliphatic rings. The first kappa shape index (κ1) is 12.2. The summed E-state index contributed by atoms with van der Waals surface area (Å²) in [6.45, 7) is 2.50. The molecule has 0 bridgehead atoms. The van der Waals surface area contributed by atoms with Gasteiger partial charge in [-0.05, 0) is 37.5 Å². The zero-order valence-corrected chi connectivity index (χ0v) is 10.6. The number of nitrogens with two attached hydrogens (primary N) is 1. The molecule has 0 saturated heterocycles. The third-order valence-electron chi connectivity index (χ3n) is 4.04. The highest BCUT2D eigenvalue weighted by Crippen LogP contribution is 2.45. The highest BCUT2D eigenvalue weighted by Gasteiger charge is 2.37. The van der Waals surface area contributed by atoms with Gasteiger partial charge in [-0.25, -0.2) is 0 Å². The number of benzene rings is 1. The second kappa shape index (κ2) is 4.57. The number of phenolic OH excluding ortho intramolecular Hbond substituents is 1. The third kappa shape index (κ3) is 2.00. The normalized spacial score (nSPS) is 18.3. The second-order valence-electron chi connectivity index (χ2n) is 5.03. The predicted molar refractivity (Wildman–Crippen MR) is 68.6 cm³/mol. The van der Waals surface area contributed by atoms with E-state index in [-0.39, 0.29) is 5.41 Å². The Balaban J connectivity index is 2.52. The molecule has 1 aromatic rings. The summed E-state index contributed by atoms with van der Waals surface area (Å²) in [5.74, 6) is 1.19. The first-order chi connectivity index (χ1) is 8.13. The molecule has 3 N–H and O–H groups in total. The quantitative estimate of drug-likeness (QED) is 0.846. The molecule has 94 valence electrons. The van der Waals surface area contributed by atoms with Crippen LogP contribution in [0.4, 0.5) is 0 Å². The highest BCUT2D eigenvalue weighted by molar-refractivity contribution is 5.49. The molecule has 3 heteroatoms. The van der Waals surface area contributed by atoms with Gasteiger partial charge in [0, 0.05) is 17.5 Å². The molecule has 0 aliphatic heterocycles. The molecule has 2 rings (SSSR count). The second-order valence-corrected chi connectivity index (χ2v) is 5.03. The molecule has 1 aromatic carbocycles. The van der Waals surface area contributed by atoms with Gasteiger partial charge in [0.05, 0.1) is 7.11 Å². The Labute approximate surface area is 103 Å². The lowest BCUT2D eigenvalue weighted by Gasteiger charge is -2.30. The van der Waals surface area contributed by atoms with E-state index in [2.05, 4.69) is 0 Å². The van der Waals surface area contributed by atoms with Gasteiger partial charge in [0.15, 0.2) is 0 Å². The number of methoxy groups -OCH3 is 1. The van der Waals surface area contributed by atoms with Crippen molar-refractivity contribution in [3.8, 4) is 11.5 Å². The van der Waals surface area contributed by atoms with Gasteiger partial charge in [0.25, 0.3) is 0 Å². The molecule has 0 aromatic heterocycles. The average Bonchev–Trinajstić information content (AvgIpc) is 2.82. The maximum absolute atomic E-state index is 9.89. The fourth-order valence-electron chi connectivity index (χ4n) is 2.89. The Morgan fingerprint density at radius 2 is 2.00 bits per heavy atom. The molecule has 0 amide bonds. The lowest BCUT2D eigenvalue weighted by Crippen LogP contribution is -2.32. The first-order valence-corrected chi connectivity index (χ1v) is 6.21. The topological polar surface area (TPSA) is 55.5 Å². The summed E-state index contributed by atoms with van der Waals surface area (Å²) < 4.78 is 5.45. The summed E-state index contributed by atoms with van der Waals surface area (Å²) in [6.07, 6.45) is 4.58. The molecule has 1 aliphatic carbocycles. The van der Waals surface area contributed by atoms with Crippen LogP contribution in [0.25, 0.3) is 0 Å². The Bertz CT molecular complexity index is 409. The number of aryl methyl sites for hydroxylation is 1. The number of rotatable bonds is 3. The van der Waals surface area contributed by atoms with Gasteiger partial charge >= 0.3 is 0 Å². The van der Waals surface area contributed by atoms with E-state index in [1.54, 1.807) is 7.11 Å². The Morgan fingerprint density at radius 3 is 2.53 bits per heavy atom. The first-order valence-electron chi connectivity index (χ1n) is 6.21. The monoisotopic (exact) mass is 235 g/mol. The van der Waals surface area contributed by atoms with E-state index in [1.165, 1.54) is 12.8 Å². The van der Waals surface area contributed by atoms with E-state index in [9.17, 15) is 5.11 Å². The van der Waals surface area contributed by atoms with Crippen molar-refractivity contribution in [3.05, 3.63) is 23.3 Å². The molecular weight excluding hydrogens is 214 g/mol. The molecule has 0 spiro atoms. The molecule has 1 saturated carbocycles. The summed E-state index contributed by atoms with van der Waals surface area (Å²) in [5.41, 5.74) is 7.89.